The third kappa shape index (κ3) is 3.79. The maximum absolute atomic E-state index is 6.16. The molecule has 3 aromatic heterocycles. The van der Waals surface area contributed by atoms with E-state index in [4.69, 9.17) is 14.7 Å². The molecular formula is C27H30N6O. The molecule has 0 fully saturated rings. The molecule has 0 spiro atoms. The number of imidazole rings is 1. The molecule has 1 atom stereocenters. The van der Waals surface area contributed by atoms with Crippen LogP contribution in [0.4, 0.5) is 5.82 Å². The summed E-state index contributed by atoms with van der Waals surface area (Å²) < 4.78 is 6.16. The van der Waals surface area contributed by atoms with Gasteiger partial charge in [-0.1, -0.05) is 19.4 Å². The zero-order chi connectivity index (χ0) is 23.2. The summed E-state index contributed by atoms with van der Waals surface area (Å²) in [7, 11) is 0. The van der Waals surface area contributed by atoms with Crippen molar-refractivity contribution in [3.8, 4) is 16.9 Å². The van der Waals surface area contributed by atoms with Gasteiger partial charge < -0.3 is 14.6 Å². The van der Waals surface area contributed by atoms with Crippen molar-refractivity contribution in [2.24, 2.45) is 5.92 Å². The van der Waals surface area contributed by atoms with Gasteiger partial charge in [-0.25, -0.2) is 19.9 Å². The SMILES string of the molecule is CC[C@H]1CCc2c(nc(C)nc2N2CCOc3ccc(-c4cnc5nc(C)[nH]c5c4)cc3C2)C1. The summed E-state index contributed by atoms with van der Waals surface area (Å²) in [5.74, 6) is 4.51. The minimum atomic E-state index is 0.642. The van der Waals surface area contributed by atoms with E-state index in [1.165, 1.54) is 29.7 Å². The summed E-state index contributed by atoms with van der Waals surface area (Å²) in [5.41, 5.74) is 7.64. The third-order valence-corrected chi connectivity index (χ3v) is 7.17. The Balaban J connectivity index is 1.35. The lowest BCUT2D eigenvalue weighted by Crippen LogP contribution is -2.29. The Morgan fingerprint density at radius 3 is 2.91 bits per heavy atom. The molecule has 4 heterocycles. The number of ether oxygens (including phenoxy) is 1. The highest BCUT2D eigenvalue weighted by Gasteiger charge is 2.26. The Morgan fingerprint density at radius 2 is 2.03 bits per heavy atom. The highest BCUT2D eigenvalue weighted by Crippen LogP contribution is 2.35. The normalized spacial score (nSPS) is 17.7. The largest absolute Gasteiger partial charge is 0.491 e. The summed E-state index contributed by atoms with van der Waals surface area (Å²) in [4.78, 5) is 24.4. The molecule has 7 heteroatoms. The van der Waals surface area contributed by atoms with Gasteiger partial charge in [-0.2, -0.15) is 0 Å². The highest BCUT2D eigenvalue weighted by molar-refractivity contribution is 5.78. The topological polar surface area (TPSA) is 79.8 Å². The fourth-order valence-corrected chi connectivity index (χ4v) is 5.33. The average molecular weight is 455 g/mol. The predicted octanol–water partition coefficient (Wildman–Crippen LogP) is 4.95. The predicted molar refractivity (Wildman–Crippen MR) is 133 cm³/mol. The van der Waals surface area contributed by atoms with Crippen LogP contribution in [0, 0.1) is 19.8 Å². The summed E-state index contributed by atoms with van der Waals surface area (Å²) in [6.45, 7) is 8.47. The molecule has 0 saturated heterocycles. The standard InChI is InChI=1S/C27H30N6O/c1-4-18-5-7-22-23(11-18)29-17(3)32-27(22)33-9-10-34-25-8-6-19(12-21(25)15-33)20-13-24-26(28-14-20)31-16(2)30-24/h6,8,12-14,18H,4-5,7,9-11,15H2,1-3H3,(H,28,30,31)/t18-/m0/s1. The zero-order valence-corrected chi connectivity index (χ0v) is 20.1. The highest BCUT2D eigenvalue weighted by atomic mass is 16.5. The van der Waals surface area contributed by atoms with Crippen molar-refractivity contribution in [3.63, 3.8) is 0 Å². The second-order valence-corrected chi connectivity index (χ2v) is 9.55. The van der Waals surface area contributed by atoms with E-state index in [0.29, 0.717) is 6.61 Å². The minimum absolute atomic E-state index is 0.642. The van der Waals surface area contributed by atoms with Gasteiger partial charge in [-0.3, -0.25) is 0 Å². The van der Waals surface area contributed by atoms with Gasteiger partial charge in [0, 0.05) is 35.1 Å². The quantitative estimate of drug-likeness (QED) is 0.472. The van der Waals surface area contributed by atoms with Crippen LogP contribution in [0.1, 0.15) is 48.2 Å². The van der Waals surface area contributed by atoms with Gasteiger partial charge in [0.1, 0.15) is 29.8 Å². The van der Waals surface area contributed by atoms with Gasteiger partial charge in [-0.05, 0) is 62.8 Å². The molecule has 0 bridgehead atoms. The average Bonchev–Trinajstić information content (AvgIpc) is 3.08. The van der Waals surface area contributed by atoms with Crippen LogP contribution in [0.5, 0.6) is 5.75 Å². The lowest BCUT2D eigenvalue weighted by atomic mass is 9.85. The second-order valence-electron chi connectivity index (χ2n) is 9.55. The molecule has 1 N–H and O–H groups in total. The van der Waals surface area contributed by atoms with Gasteiger partial charge in [-0.15, -0.1) is 0 Å². The second kappa shape index (κ2) is 8.38. The number of hydrogen-bond acceptors (Lipinski definition) is 6. The summed E-state index contributed by atoms with van der Waals surface area (Å²) in [6, 6.07) is 8.55. The molecule has 0 unspecified atom stereocenters. The molecule has 0 saturated carbocycles. The maximum atomic E-state index is 6.16. The van der Waals surface area contributed by atoms with Crippen LogP contribution in [-0.2, 0) is 19.4 Å². The molecule has 174 valence electrons. The molecule has 1 aromatic carbocycles. The number of fused-ring (bicyclic) bond motifs is 3. The number of anilines is 1. The van der Waals surface area contributed by atoms with E-state index < -0.39 is 0 Å². The first kappa shape index (κ1) is 21.1. The third-order valence-electron chi connectivity index (χ3n) is 7.17. The van der Waals surface area contributed by atoms with Crippen LogP contribution < -0.4 is 9.64 Å². The first-order valence-electron chi connectivity index (χ1n) is 12.3. The lowest BCUT2D eigenvalue weighted by Gasteiger charge is -2.29. The molecule has 6 rings (SSSR count). The minimum Gasteiger partial charge on any atom is -0.491 e. The molecule has 0 amide bonds. The van der Waals surface area contributed by atoms with Crippen LogP contribution in [0.2, 0.25) is 0 Å². The molecule has 2 aliphatic rings. The Kier molecular flexibility index (Phi) is 5.20. The Bertz CT molecular complexity index is 1380. The van der Waals surface area contributed by atoms with Gasteiger partial charge in [0.25, 0.3) is 0 Å². The summed E-state index contributed by atoms with van der Waals surface area (Å²) >= 11 is 0. The van der Waals surface area contributed by atoms with Crippen molar-refractivity contribution in [1.29, 1.82) is 0 Å². The molecule has 34 heavy (non-hydrogen) atoms. The van der Waals surface area contributed by atoms with E-state index >= 15 is 0 Å². The van der Waals surface area contributed by atoms with Crippen molar-refractivity contribution >= 4 is 17.0 Å². The fourth-order valence-electron chi connectivity index (χ4n) is 5.33. The smallest absolute Gasteiger partial charge is 0.177 e. The summed E-state index contributed by atoms with van der Waals surface area (Å²) in [6.07, 6.45) is 6.45. The maximum Gasteiger partial charge on any atom is 0.177 e. The van der Waals surface area contributed by atoms with E-state index in [9.17, 15) is 0 Å². The molecule has 4 aromatic rings. The van der Waals surface area contributed by atoms with E-state index in [0.717, 1.165) is 77.4 Å². The van der Waals surface area contributed by atoms with Gasteiger partial charge in [0.2, 0.25) is 0 Å². The van der Waals surface area contributed by atoms with Crippen LogP contribution in [0.25, 0.3) is 22.3 Å². The van der Waals surface area contributed by atoms with Crippen LogP contribution in [0.15, 0.2) is 30.5 Å². The number of nitrogens with one attached hydrogen (secondary N) is 1. The van der Waals surface area contributed by atoms with E-state index in [2.05, 4.69) is 51.0 Å². The molecule has 1 aliphatic carbocycles. The Labute approximate surface area is 199 Å². The van der Waals surface area contributed by atoms with Gasteiger partial charge in [0.05, 0.1) is 12.1 Å². The van der Waals surface area contributed by atoms with E-state index in [1.807, 2.05) is 20.0 Å². The molecule has 0 radical (unpaired) electrons. The number of aromatic nitrogens is 5. The van der Waals surface area contributed by atoms with Crippen LogP contribution >= 0.6 is 0 Å². The number of aromatic amines is 1. The first-order valence-corrected chi connectivity index (χ1v) is 12.3. The van der Waals surface area contributed by atoms with Gasteiger partial charge >= 0.3 is 0 Å². The lowest BCUT2D eigenvalue weighted by molar-refractivity contribution is 0.331. The number of hydrogen-bond donors (Lipinski definition) is 1. The number of nitrogens with zero attached hydrogens (tertiary/aromatic N) is 5. The molecule has 7 nitrogen and oxygen atoms in total. The fraction of sp³-hybridized carbons (Fsp3) is 0.407. The molecule has 1 aliphatic heterocycles. The number of rotatable bonds is 3. The number of pyridine rings is 1. The Morgan fingerprint density at radius 1 is 1.12 bits per heavy atom. The number of aryl methyl sites for hydroxylation is 2. The summed E-state index contributed by atoms with van der Waals surface area (Å²) in [5, 5.41) is 0. The van der Waals surface area contributed by atoms with Crippen molar-refractivity contribution in [2.75, 3.05) is 18.1 Å². The molecular weight excluding hydrogens is 424 g/mol. The van der Waals surface area contributed by atoms with Crippen molar-refractivity contribution in [2.45, 2.75) is 53.0 Å². The van der Waals surface area contributed by atoms with Crippen LogP contribution in [-0.4, -0.2) is 38.1 Å². The Hall–Kier alpha value is -3.48. The van der Waals surface area contributed by atoms with Crippen molar-refractivity contribution in [3.05, 3.63) is 58.9 Å². The van der Waals surface area contributed by atoms with Gasteiger partial charge in [0.15, 0.2) is 5.65 Å². The van der Waals surface area contributed by atoms with Crippen LogP contribution in [0.3, 0.4) is 0 Å². The van der Waals surface area contributed by atoms with E-state index in [1.54, 1.807) is 0 Å². The van der Waals surface area contributed by atoms with E-state index in [-0.39, 0.29) is 0 Å². The zero-order valence-electron chi connectivity index (χ0n) is 20.1. The number of benzene rings is 1. The monoisotopic (exact) mass is 454 g/mol. The number of H-pyrrole nitrogens is 1. The first-order chi connectivity index (χ1) is 16.6. The van der Waals surface area contributed by atoms with Crippen molar-refractivity contribution < 1.29 is 4.74 Å². The van der Waals surface area contributed by atoms with Crippen molar-refractivity contribution in [1.82, 2.24) is 24.9 Å².